The van der Waals surface area contributed by atoms with Crippen molar-refractivity contribution in [2.75, 3.05) is 13.2 Å². The molecular formula is C29H31FO7. The number of halogens is 1. The highest BCUT2D eigenvalue weighted by Gasteiger charge is 2.44. The van der Waals surface area contributed by atoms with Gasteiger partial charge in [-0.1, -0.05) is 42.5 Å². The number of hydrogen-bond donors (Lipinski definition) is 4. The lowest BCUT2D eigenvalue weighted by Gasteiger charge is -2.40. The summed E-state index contributed by atoms with van der Waals surface area (Å²) in [5, 5.41) is 40.0. The van der Waals surface area contributed by atoms with Gasteiger partial charge in [0.15, 0.2) is 0 Å². The minimum Gasteiger partial charge on any atom is -0.491 e. The molecule has 5 rings (SSSR count). The first-order valence-electron chi connectivity index (χ1n) is 12.4. The molecule has 2 unspecified atom stereocenters. The minimum atomic E-state index is -1.50. The normalized spacial score (nSPS) is 29.2. The molecule has 0 radical (unpaired) electrons. The summed E-state index contributed by atoms with van der Waals surface area (Å²) < 4.78 is 32.3. The largest absolute Gasteiger partial charge is 0.491 e. The van der Waals surface area contributed by atoms with E-state index in [4.69, 9.17) is 14.2 Å². The van der Waals surface area contributed by atoms with E-state index < -0.39 is 42.9 Å². The molecule has 0 aromatic heterocycles. The van der Waals surface area contributed by atoms with Gasteiger partial charge in [0.05, 0.1) is 12.7 Å². The highest BCUT2D eigenvalue weighted by Crippen LogP contribution is 2.39. The molecule has 7 nitrogen and oxygen atoms in total. The molecule has 196 valence electrons. The SMILES string of the molecule is CC1OC(COc2ccc(Cc3cc([C@@H]4O[C@H](CO)[C@@H](O)[C@H](O)[C@H]4O)ccc3F)cc2)c2ccccc21. The predicted octanol–water partition coefficient (Wildman–Crippen LogP) is 3.14. The van der Waals surface area contributed by atoms with E-state index >= 15 is 0 Å². The van der Waals surface area contributed by atoms with E-state index in [-0.39, 0.29) is 18.6 Å². The van der Waals surface area contributed by atoms with E-state index in [1.165, 1.54) is 17.7 Å². The number of ether oxygens (including phenoxy) is 3. The molecule has 2 aliphatic heterocycles. The van der Waals surface area contributed by atoms with Gasteiger partial charge in [0.2, 0.25) is 0 Å². The Morgan fingerprint density at radius 1 is 0.865 bits per heavy atom. The van der Waals surface area contributed by atoms with Crippen LogP contribution in [0.5, 0.6) is 5.75 Å². The Bertz CT molecular complexity index is 1220. The van der Waals surface area contributed by atoms with Gasteiger partial charge in [0.1, 0.15) is 54.8 Å². The Morgan fingerprint density at radius 3 is 2.32 bits per heavy atom. The summed E-state index contributed by atoms with van der Waals surface area (Å²) in [5.41, 5.74) is 4.00. The van der Waals surface area contributed by atoms with Crippen LogP contribution in [-0.4, -0.2) is 58.1 Å². The molecule has 0 amide bonds. The number of aliphatic hydroxyl groups is 4. The maximum absolute atomic E-state index is 14.7. The maximum Gasteiger partial charge on any atom is 0.126 e. The van der Waals surface area contributed by atoms with Crippen LogP contribution in [0.25, 0.3) is 0 Å². The molecule has 0 spiro atoms. The number of hydrogen-bond acceptors (Lipinski definition) is 7. The molecule has 3 aromatic rings. The molecule has 37 heavy (non-hydrogen) atoms. The van der Waals surface area contributed by atoms with Crippen molar-refractivity contribution in [1.29, 1.82) is 0 Å². The molecule has 2 aliphatic rings. The third-order valence-corrected chi connectivity index (χ3v) is 7.16. The smallest absolute Gasteiger partial charge is 0.126 e. The quantitative estimate of drug-likeness (QED) is 0.387. The molecule has 0 bridgehead atoms. The van der Waals surface area contributed by atoms with Crippen molar-refractivity contribution in [3.63, 3.8) is 0 Å². The van der Waals surface area contributed by atoms with Gasteiger partial charge in [0, 0.05) is 6.42 Å². The highest BCUT2D eigenvalue weighted by atomic mass is 19.1. The maximum atomic E-state index is 14.7. The van der Waals surface area contributed by atoms with Gasteiger partial charge in [-0.15, -0.1) is 0 Å². The van der Waals surface area contributed by atoms with E-state index in [0.717, 1.165) is 11.1 Å². The number of aliphatic hydroxyl groups excluding tert-OH is 4. The Morgan fingerprint density at radius 2 is 1.59 bits per heavy atom. The van der Waals surface area contributed by atoms with Gasteiger partial charge in [-0.05, 0) is 59.0 Å². The number of fused-ring (bicyclic) bond motifs is 1. The van der Waals surface area contributed by atoms with Crippen LogP contribution in [0.4, 0.5) is 4.39 Å². The summed E-state index contributed by atoms with van der Waals surface area (Å²) in [6, 6.07) is 19.8. The third-order valence-electron chi connectivity index (χ3n) is 7.16. The first-order chi connectivity index (χ1) is 17.9. The summed E-state index contributed by atoms with van der Waals surface area (Å²) in [4.78, 5) is 0. The van der Waals surface area contributed by atoms with Crippen LogP contribution >= 0.6 is 0 Å². The second-order valence-corrected chi connectivity index (χ2v) is 9.63. The van der Waals surface area contributed by atoms with Gasteiger partial charge in [-0.2, -0.15) is 0 Å². The second kappa shape index (κ2) is 10.9. The summed E-state index contributed by atoms with van der Waals surface area (Å²) >= 11 is 0. The first kappa shape index (κ1) is 25.8. The molecule has 1 saturated heterocycles. The molecule has 2 heterocycles. The lowest BCUT2D eigenvalue weighted by molar-refractivity contribution is -0.231. The van der Waals surface area contributed by atoms with E-state index in [1.54, 1.807) is 6.07 Å². The molecule has 1 fully saturated rings. The second-order valence-electron chi connectivity index (χ2n) is 9.63. The average molecular weight is 511 g/mol. The molecule has 3 aromatic carbocycles. The van der Waals surface area contributed by atoms with Gasteiger partial charge in [-0.3, -0.25) is 0 Å². The Labute approximate surface area is 214 Å². The van der Waals surface area contributed by atoms with Crippen molar-refractivity contribution < 1.29 is 39.0 Å². The van der Waals surface area contributed by atoms with Crippen LogP contribution in [0.2, 0.25) is 0 Å². The highest BCUT2D eigenvalue weighted by molar-refractivity contribution is 5.36. The first-order valence-corrected chi connectivity index (χ1v) is 12.4. The fourth-order valence-electron chi connectivity index (χ4n) is 5.08. The van der Waals surface area contributed by atoms with E-state index in [9.17, 15) is 24.8 Å². The van der Waals surface area contributed by atoms with Crippen molar-refractivity contribution in [2.24, 2.45) is 0 Å². The molecule has 0 aliphatic carbocycles. The molecule has 7 atom stereocenters. The zero-order chi connectivity index (χ0) is 26.1. The van der Waals surface area contributed by atoms with Gasteiger partial charge >= 0.3 is 0 Å². The summed E-state index contributed by atoms with van der Waals surface area (Å²) in [5.74, 6) is 0.264. The zero-order valence-corrected chi connectivity index (χ0v) is 20.4. The molecular weight excluding hydrogens is 479 g/mol. The zero-order valence-electron chi connectivity index (χ0n) is 20.4. The van der Waals surface area contributed by atoms with Crippen LogP contribution < -0.4 is 4.74 Å². The third kappa shape index (κ3) is 5.27. The minimum absolute atomic E-state index is 0.0285. The van der Waals surface area contributed by atoms with Crippen molar-refractivity contribution in [3.05, 3.63) is 100 Å². The van der Waals surface area contributed by atoms with Gasteiger partial charge < -0.3 is 34.6 Å². The van der Waals surface area contributed by atoms with Crippen LogP contribution in [0.1, 0.15) is 53.1 Å². The van der Waals surface area contributed by atoms with E-state index in [0.29, 0.717) is 23.5 Å². The van der Waals surface area contributed by atoms with Crippen molar-refractivity contribution in [1.82, 2.24) is 0 Å². The summed E-state index contributed by atoms with van der Waals surface area (Å²) in [6.07, 6.45) is -6.24. The van der Waals surface area contributed by atoms with Crippen molar-refractivity contribution in [2.45, 2.75) is 56.1 Å². The Hall–Kier alpha value is -2.85. The van der Waals surface area contributed by atoms with Crippen LogP contribution in [0, 0.1) is 5.82 Å². The standard InChI is InChI=1S/C29H31FO7/c1-16-21-4-2-3-5-22(21)25(36-16)15-35-20-9-6-17(7-10-20)12-19-13-18(8-11-23(19)30)29-28(34)27(33)26(32)24(14-31)37-29/h2-11,13,16,24-29,31-34H,12,14-15H2,1H3/t16?,24-,25?,26-,27+,28-,29+/m1/s1. The van der Waals surface area contributed by atoms with Crippen LogP contribution in [0.15, 0.2) is 66.7 Å². The van der Waals surface area contributed by atoms with Gasteiger partial charge in [-0.25, -0.2) is 4.39 Å². The average Bonchev–Trinajstić information content (AvgIpc) is 3.24. The Balaban J connectivity index is 1.25. The summed E-state index contributed by atoms with van der Waals surface area (Å²) in [6.45, 7) is 1.89. The fraction of sp³-hybridized carbons (Fsp3) is 0.379. The lowest BCUT2D eigenvalue weighted by atomic mass is 9.90. The van der Waals surface area contributed by atoms with Crippen LogP contribution in [0.3, 0.4) is 0 Å². The molecule has 0 saturated carbocycles. The number of rotatable bonds is 7. The lowest BCUT2D eigenvalue weighted by Crippen LogP contribution is -2.55. The fourth-order valence-corrected chi connectivity index (χ4v) is 5.08. The van der Waals surface area contributed by atoms with Crippen LogP contribution in [-0.2, 0) is 15.9 Å². The molecule has 4 N–H and O–H groups in total. The van der Waals surface area contributed by atoms with E-state index in [1.807, 2.05) is 43.3 Å². The van der Waals surface area contributed by atoms with E-state index in [2.05, 4.69) is 12.1 Å². The van der Waals surface area contributed by atoms with Crippen molar-refractivity contribution >= 4 is 0 Å². The van der Waals surface area contributed by atoms with Crippen molar-refractivity contribution in [3.8, 4) is 5.75 Å². The number of benzene rings is 3. The predicted molar refractivity (Wildman–Crippen MR) is 133 cm³/mol. The monoisotopic (exact) mass is 510 g/mol. The van der Waals surface area contributed by atoms with Gasteiger partial charge in [0.25, 0.3) is 0 Å². The topological polar surface area (TPSA) is 109 Å². The summed E-state index contributed by atoms with van der Waals surface area (Å²) in [7, 11) is 0. The molecule has 8 heteroatoms. The Kier molecular flexibility index (Phi) is 7.57.